The average molecular weight is 383 g/mol. The second-order valence-corrected chi connectivity index (χ2v) is 7.04. The van der Waals surface area contributed by atoms with Gasteiger partial charge in [-0.2, -0.15) is 0 Å². The molecule has 0 saturated heterocycles. The number of carbonyl (C=O) groups excluding carboxylic acids is 1. The van der Waals surface area contributed by atoms with Crippen molar-refractivity contribution >= 4 is 23.5 Å². The number of amides is 1. The van der Waals surface area contributed by atoms with E-state index < -0.39 is 23.2 Å². The third-order valence-corrected chi connectivity index (χ3v) is 4.74. The molecular formula is C17H20ClFN4O3. The van der Waals surface area contributed by atoms with Crippen LogP contribution in [0, 0.1) is 18.7 Å². The standard InChI is InChI=1S/C17H20ClFN4O3/c1-9(2)17(4,8-14(24)25)20-16(26)15-10(3)23(22-21-15)11-5-6-13(19)12(18)7-11/h5-7,9H,8H2,1-4H3,(H,20,26)(H,24,25). The van der Waals surface area contributed by atoms with Gasteiger partial charge in [-0.15, -0.1) is 5.10 Å². The Morgan fingerprint density at radius 2 is 2.08 bits per heavy atom. The fourth-order valence-electron chi connectivity index (χ4n) is 2.43. The first-order valence-corrected chi connectivity index (χ1v) is 8.35. The Kier molecular flexibility index (Phi) is 5.65. The number of carbonyl (C=O) groups is 2. The molecule has 1 unspecified atom stereocenters. The summed E-state index contributed by atoms with van der Waals surface area (Å²) in [5.74, 6) is -2.22. The van der Waals surface area contributed by atoms with Crippen molar-refractivity contribution in [2.75, 3.05) is 0 Å². The number of carboxylic acids is 1. The predicted octanol–water partition coefficient (Wildman–Crippen LogP) is 2.99. The number of aromatic nitrogens is 3. The van der Waals surface area contributed by atoms with Crippen LogP contribution in [0.25, 0.3) is 5.69 Å². The molecule has 0 aliphatic rings. The van der Waals surface area contributed by atoms with Crippen molar-refractivity contribution in [1.29, 1.82) is 0 Å². The van der Waals surface area contributed by atoms with Crippen LogP contribution in [0.15, 0.2) is 18.2 Å². The van der Waals surface area contributed by atoms with Gasteiger partial charge in [0, 0.05) is 0 Å². The molecule has 1 aromatic carbocycles. The Morgan fingerprint density at radius 1 is 1.42 bits per heavy atom. The lowest BCUT2D eigenvalue weighted by molar-refractivity contribution is -0.138. The molecule has 2 aromatic rings. The van der Waals surface area contributed by atoms with E-state index in [1.165, 1.54) is 22.9 Å². The zero-order chi connectivity index (χ0) is 19.6. The first-order chi connectivity index (χ1) is 12.0. The Labute approximate surface area is 155 Å². The monoisotopic (exact) mass is 382 g/mol. The number of carboxylic acid groups (broad SMARTS) is 1. The minimum atomic E-state index is -1.01. The lowest BCUT2D eigenvalue weighted by atomic mass is 9.85. The number of benzene rings is 1. The van der Waals surface area contributed by atoms with Gasteiger partial charge in [0.15, 0.2) is 5.69 Å². The van der Waals surface area contributed by atoms with Crippen molar-refractivity contribution in [1.82, 2.24) is 20.3 Å². The fraction of sp³-hybridized carbons (Fsp3) is 0.412. The minimum Gasteiger partial charge on any atom is -0.481 e. The highest BCUT2D eigenvalue weighted by Crippen LogP contribution is 2.23. The summed E-state index contributed by atoms with van der Waals surface area (Å²) in [4.78, 5) is 23.8. The first kappa shape index (κ1) is 19.8. The normalized spacial score (nSPS) is 13.5. The maximum Gasteiger partial charge on any atom is 0.305 e. The maximum atomic E-state index is 13.3. The summed E-state index contributed by atoms with van der Waals surface area (Å²) in [5.41, 5.74) is -0.00914. The summed E-state index contributed by atoms with van der Waals surface area (Å²) in [5, 5.41) is 19.6. The van der Waals surface area contributed by atoms with E-state index in [4.69, 9.17) is 16.7 Å². The van der Waals surface area contributed by atoms with Crippen LogP contribution in [0.5, 0.6) is 0 Å². The molecule has 1 atom stereocenters. The molecule has 0 saturated carbocycles. The summed E-state index contributed by atoms with van der Waals surface area (Å²) in [7, 11) is 0. The highest BCUT2D eigenvalue weighted by molar-refractivity contribution is 6.30. The molecule has 0 spiro atoms. The summed E-state index contributed by atoms with van der Waals surface area (Å²) in [6, 6.07) is 4.04. The Hall–Kier alpha value is -2.48. The van der Waals surface area contributed by atoms with Crippen LogP contribution >= 0.6 is 11.6 Å². The maximum absolute atomic E-state index is 13.3. The molecule has 1 heterocycles. The lowest BCUT2D eigenvalue weighted by Gasteiger charge is -2.33. The molecule has 9 heteroatoms. The van der Waals surface area contributed by atoms with Gasteiger partial charge in [0.05, 0.1) is 28.4 Å². The molecular weight excluding hydrogens is 363 g/mol. The van der Waals surface area contributed by atoms with Gasteiger partial charge in [0.25, 0.3) is 5.91 Å². The Morgan fingerprint density at radius 3 is 2.62 bits per heavy atom. The molecule has 0 aliphatic heterocycles. The molecule has 1 amide bonds. The molecule has 0 aliphatic carbocycles. The molecule has 0 bridgehead atoms. The summed E-state index contributed by atoms with van der Waals surface area (Å²) >= 11 is 5.78. The number of nitrogens with one attached hydrogen (secondary N) is 1. The van der Waals surface area contributed by atoms with Crippen LogP contribution in [0.1, 0.15) is 43.4 Å². The number of halogens is 2. The first-order valence-electron chi connectivity index (χ1n) is 7.97. The van der Waals surface area contributed by atoms with Gasteiger partial charge in [-0.3, -0.25) is 9.59 Å². The smallest absolute Gasteiger partial charge is 0.305 e. The van der Waals surface area contributed by atoms with E-state index in [0.29, 0.717) is 11.4 Å². The molecule has 2 rings (SSSR count). The number of nitrogens with zero attached hydrogens (tertiary/aromatic N) is 3. The molecule has 0 radical (unpaired) electrons. The highest BCUT2D eigenvalue weighted by atomic mass is 35.5. The number of hydrogen-bond acceptors (Lipinski definition) is 4. The van der Waals surface area contributed by atoms with Crippen molar-refractivity contribution < 1.29 is 19.1 Å². The van der Waals surface area contributed by atoms with Crippen molar-refractivity contribution in [3.8, 4) is 5.69 Å². The summed E-state index contributed by atoms with van der Waals surface area (Å²) in [6.45, 7) is 6.96. The molecule has 140 valence electrons. The number of rotatable bonds is 6. The van der Waals surface area contributed by atoms with E-state index in [0.717, 1.165) is 0 Å². The molecule has 2 N–H and O–H groups in total. The second-order valence-electron chi connectivity index (χ2n) is 6.63. The SMILES string of the molecule is Cc1c(C(=O)NC(C)(CC(=O)O)C(C)C)nnn1-c1ccc(F)c(Cl)c1. The van der Waals surface area contributed by atoms with Crippen LogP contribution in [-0.2, 0) is 4.79 Å². The van der Waals surface area contributed by atoms with Gasteiger partial charge in [0.1, 0.15) is 5.82 Å². The van der Waals surface area contributed by atoms with E-state index in [2.05, 4.69) is 15.6 Å². The van der Waals surface area contributed by atoms with Crippen molar-refractivity contribution in [2.45, 2.75) is 39.7 Å². The van der Waals surface area contributed by atoms with Crippen LogP contribution in [0.3, 0.4) is 0 Å². The Bertz CT molecular complexity index is 853. The molecule has 0 fully saturated rings. The van der Waals surface area contributed by atoms with E-state index in [-0.39, 0.29) is 23.1 Å². The van der Waals surface area contributed by atoms with Gasteiger partial charge >= 0.3 is 5.97 Å². The molecule has 1 aromatic heterocycles. The van der Waals surface area contributed by atoms with Crippen LogP contribution < -0.4 is 5.32 Å². The van der Waals surface area contributed by atoms with Crippen LogP contribution in [0.4, 0.5) is 4.39 Å². The second kappa shape index (κ2) is 7.41. The van der Waals surface area contributed by atoms with Gasteiger partial charge in [-0.05, 0) is 38.0 Å². The van der Waals surface area contributed by atoms with Crippen molar-refractivity contribution in [2.24, 2.45) is 5.92 Å². The van der Waals surface area contributed by atoms with E-state index in [1.807, 2.05) is 13.8 Å². The van der Waals surface area contributed by atoms with Gasteiger partial charge in [-0.25, -0.2) is 9.07 Å². The van der Waals surface area contributed by atoms with Crippen LogP contribution in [0.2, 0.25) is 5.02 Å². The van der Waals surface area contributed by atoms with E-state index in [9.17, 15) is 14.0 Å². The minimum absolute atomic E-state index is 0.0581. The molecule has 7 nitrogen and oxygen atoms in total. The van der Waals surface area contributed by atoms with Crippen molar-refractivity contribution in [3.05, 3.63) is 40.4 Å². The average Bonchev–Trinajstić information content (AvgIpc) is 2.90. The zero-order valence-corrected chi connectivity index (χ0v) is 15.6. The predicted molar refractivity (Wildman–Crippen MR) is 94.0 cm³/mol. The zero-order valence-electron chi connectivity index (χ0n) is 14.9. The fourth-order valence-corrected chi connectivity index (χ4v) is 2.60. The summed E-state index contributed by atoms with van der Waals surface area (Å²) < 4.78 is 14.7. The van der Waals surface area contributed by atoms with Gasteiger partial charge < -0.3 is 10.4 Å². The number of hydrogen-bond donors (Lipinski definition) is 2. The largest absolute Gasteiger partial charge is 0.481 e. The van der Waals surface area contributed by atoms with Crippen molar-refractivity contribution in [3.63, 3.8) is 0 Å². The quantitative estimate of drug-likeness (QED) is 0.800. The van der Waals surface area contributed by atoms with Crippen LogP contribution in [-0.4, -0.2) is 37.5 Å². The number of aliphatic carboxylic acids is 1. The molecule has 26 heavy (non-hydrogen) atoms. The summed E-state index contributed by atoms with van der Waals surface area (Å²) in [6.07, 6.45) is -0.225. The van der Waals surface area contributed by atoms with Gasteiger partial charge in [0.2, 0.25) is 0 Å². The lowest BCUT2D eigenvalue weighted by Crippen LogP contribution is -2.51. The highest BCUT2D eigenvalue weighted by Gasteiger charge is 2.34. The topological polar surface area (TPSA) is 97.1 Å². The third-order valence-electron chi connectivity index (χ3n) is 4.45. The third kappa shape index (κ3) is 4.01. The van der Waals surface area contributed by atoms with E-state index >= 15 is 0 Å². The van der Waals surface area contributed by atoms with Gasteiger partial charge in [-0.1, -0.05) is 30.7 Å². The van der Waals surface area contributed by atoms with E-state index in [1.54, 1.807) is 13.8 Å². The Balaban J connectivity index is 2.32.